The summed E-state index contributed by atoms with van der Waals surface area (Å²) in [6.07, 6.45) is 0. The van der Waals surface area contributed by atoms with Gasteiger partial charge in [0.15, 0.2) is 0 Å². The van der Waals surface area contributed by atoms with Gasteiger partial charge in [-0.05, 0) is 24.3 Å². The zero-order chi connectivity index (χ0) is 14.5. The van der Waals surface area contributed by atoms with E-state index in [9.17, 15) is 9.18 Å². The van der Waals surface area contributed by atoms with Gasteiger partial charge in [0, 0.05) is 0 Å². The van der Waals surface area contributed by atoms with Crippen LogP contribution in [0.3, 0.4) is 0 Å². The molecule has 102 valence electrons. The van der Waals surface area contributed by atoms with E-state index < -0.39 is 11.8 Å². The van der Waals surface area contributed by atoms with Crippen molar-refractivity contribution in [3.8, 4) is 6.07 Å². The lowest BCUT2D eigenvalue weighted by atomic mass is 10.2. The maximum atomic E-state index is 13.4. The predicted octanol–water partition coefficient (Wildman–Crippen LogP) is 2.69. The number of nitriles is 1. The van der Waals surface area contributed by atoms with Gasteiger partial charge in [-0.15, -0.1) is 0 Å². The Morgan fingerprint density at radius 1 is 1.45 bits per heavy atom. The molecule has 1 heterocycles. The third kappa shape index (κ3) is 2.78. The van der Waals surface area contributed by atoms with Crippen molar-refractivity contribution in [3.63, 3.8) is 0 Å². The summed E-state index contributed by atoms with van der Waals surface area (Å²) < 4.78 is 23.2. The molecule has 0 radical (unpaired) electrons. The van der Waals surface area contributed by atoms with Crippen molar-refractivity contribution in [2.75, 3.05) is 12.4 Å². The molecule has 0 aliphatic rings. The zero-order valence-electron chi connectivity index (χ0n) is 10.6. The minimum absolute atomic E-state index is 0.0627. The van der Waals surface area contributed by atoms with Gasteiger partial charge in [0.25, 0.3) is 0 Å². The highest BCUT2D eigenvalue weighted by Gasteiger charge is 2.12. The smallest absolute Gasteiger partial charge is 0.373 e. The molecule has 1 aromatic carbocycles. The first kappa shape index (κ1) is 13.6. The van der Waals surface area contributed by atoms with Crippen LogP contribution in [0.15, 0.2) is 34.7 Å². The average molecular weight is 274 g/mol. The monoisotopic (exact) mass is 274 g/mol. The lowest BCUT2D eigenvalue weighted by Gasteiger charge is -2.06. The predicted molar refractivity (Wildman–Crippen MR) is 68.5 cm³/mol. The van der Waals surface area contributed by atoms with Crippen molar-refractivity contribution >= 4 is 11.7 Å². The van der Waals surface area contributed by atoms with Crippen LogP contribution in [-0.4, -0.2) is 13.1 Å². The first-order valence-electron chi connectivity index (χ1n) is 5.75. The van der Waals surface area contributed by atoms with Gasteiger partial charge < -0.3 is 14.5 Å². The summed E-state index contributed by atoms with van der Waals surface area (Å²) in [7, 11) is 1.26. The van der Waals surface area contributed by atoms with E-state index in [0.29, 0.717) is 11.4 Å². The quantitative estimate of drug-likeness (QED) is 0.867. The van der Waals surface area contributed by atoms with Crippen LogP contribution < -0.4 is 5.32 Å². The summed E-state index contributed by atoms with van der Waals surface area (Å²) >= 11 is 0. The zero-order valence-corrected chi connectivity index (χ0v) is 10.6. The minimum Gasteiger partial charge on any atom is -0.463 e. The van der Waals surface area contributed by atoms with Gasteiger partial charge in [-0.25, -0.2) is 9.18 Å². The largest absolute Gasteiger partial charge is 0.463 e. The number of anilines is 1. The van der Waals surface area contributed by atoms with E-state index in [1.807, 2.05) is 0 Å². The van der Waals surface area contributed by atoms with Gasteiger partial charge in [0.1, 0.15) is 23.2 Å². The molecule has 0 bridgehead atoms. The van der Waals surface area contributed by atoms with Gasteiger partial charge in [0.2, 0.25) is 5.76 Å². The van der Waals surface area contributed by atoms with Gasteiger partial charge in [-0.2, -0.15) is 5.26 Å². The van der Waals surface area contributed by atoms with Crippen LogP contribution in [-0.2, 0) is 11.3 Å². The number of carbonyl (C=O) groups is 1. The molecule has 0 aliphatic heterocycles. The lowest BCUT2D eigenvalue weighted by molar-refractivity contribution is 0.0563. The molecule has 5 nitrogen and oxygen atoms in total. The summed E-state index contributed by atoms with van der Waals surface area (Å²) in [5.41, 5.74) is 0.302. The topological polar surface area (TPSA) is 75.3 Å². The van der Waals surface area contributed by atoms with Crippen LogP contribution in [0.4, 0.5) is 10.1 Å². The Kier molecular flexibility index (Phi) is 4.01. The Morgan fingerprint density at radius 3 is 2.95 bits per heavy atom. The van der Waals surface area contributed by atoms with Gasteiger partial charge in [-0.3, -0.25) is 0 Å². The molecule has 1 aromatic heterocycles. The van der Waals surface area contributed by atoms with Gasteiger partial charge in [-0.1, -0.05) is 6.07 Å². The molecule has 1 N–H and O–H groups in total. The Morgan fingerprint density at radius 2 is 2.25 bits per heavy atom. The van der Waals surface area contributed by atoms with Crippen LogP contribution in [0.2, 0.25) is 0 Å². The number of furan rings is 1. The molecule has 6 heteroatoms. The number of halogens is 1. The molecular weight excluding hydrogens is 263 g/mol. The number of carbonyl (C=O) groups excluding carboxylic acids is 1. The van der Waals surface area contributed by atoms with Gasteiger partial charge >= 0.3 is 5.97 Å². The number of methoxy groups -OCH3 is 1. The van der Waals surface area contributed by atoms with E-state index in [4.69, 9.17) is 9.68 Å². The molecule has 0 saturated heterocycles. The maximum Gasteiger partial charge on any atom is 0.373 e. The number of esters is 1. The molecule has 2 aromatic rings. The molecule has 0 saturated carbocycles. The van der Waals surface area contributed by atoms with Crippen molar-refractivity contribution < 1.29 is 18.3 Å². The SMILES string of the molecule is COC(=O)c1ccc(CNc2cccc(F)c2C#N)o1. The highest BCUT2D eigenvalue weighted by Crippen LogP contribution is 2.19. The fraction of sp³-hybridized carbons (Fsp3) is 0.143. The first-order valence-corrected chi connectivity index (χ1v) is 5.75. The summed E-state index contributed by atoms with van der Waals surface area (Å²) in [6.45, 7) is 0.217. The summed E-state index contributed by atoms with van der Waals surface area (Å²) in [5, 5.41) is 11.8. The highest BCUT2D eigenvalue weighted by molar-refractivity contribution is 5.86. The van der Waals surface area contributed by atoms with Crippen molar-refractivity contribution in [3.05, 3.63) is 53.2 Å². The van der Waals surface area contributed by atoms with Gasteiger partial charge in [0.05, 0.1) is 19.3 Å². The van der Waals surface area contributed by atoms with Crippen LogP contribution in [0.25, 0.3) is 0 Å². The second-order valence-corrected chi connectivity index (χ2v) is 3.89. The van der Waals surface area contributed by atoms with Crippen LogP contribution in [0.1, 0.15) is 21.9 Å². The summed E-state index contributed by atoms with van der Waals surface area (Å²) in [4.78, 5) is 11.2. The Labute approximate surface area is 114 Å². The number of nitrogens with zero attached hydrogens (tertiary/aromatic N) is 1. The lowest BCUT2D eigenvalue weighted by Crippen LogP contribution is -2.02. The second kappa shape index (κ2) is 5.89. The average Bonchev–Trinajstić information content (AvgIpc) is 2.93. The number of ether oxygens (including phenoxy) is 1. The Balaban J connectivity index is 2.10. The van der Waals surface area contributed by atoms with E-state index in [1.54, 1.807) is 18.2 Å². The van der Waals surface area contributed by atoms with Crippen molar-refractivity contribution in [2.45, 2.75) is 6.54 Å². The van der Waals surface area contributed by atoms with Crippen molar-refractivity contribution in [1.29, 1.82) is 5.26 Å². The number of hydrogen-bond donors (Lipinski definition) is 1. The second-order valence-electron chi connectivity index (χ2n) is 3.89. The third-order valence-electron chi connectivity index (χ3n) is 2.63. The molecule has 0 unspecified atom stereocenters. The minimum atomic E-state index is -0.591. The summed E-state index contributed by atoms with van der Waals surface area (Å²) in [5.74, 6) is -0.602. The molecular formula is C14H11FN2O3. The fourth-order valence-corrected chi connectivity index (χ4v) is 1.65. The number of hydrogen-bond acceptors (Lipinski definition) is 5. The highest BCUT2D eigenvalue weighted by atomic mass is 19.1. The number of benzene rings is 1. The molecule has 0 fully saturated rings. The van der Waals surface area contributed by atoms with E-state index >= 15 is 0 Å². The molecule has 20 heavy (non-hydrogen) atoms. The van der Waals surface area contributed by atoms with E-state index in [-0.39, 0.29) is 17.9 Å². The van der Waals surface area contributed by atoms with E-state index in [0.717, 1.165) is 0 Å². The van der Waals surface area contributed by atoms with Crippen molar-refractivity contribution in [2.24, 2.45) is 0 Å². The van der Waals surface area contributed by atoms with E-state index in [1.165, 1.54) is 25.3 Å². The normalized spacial score (nSPS) is 9.85. The maximum absolute atomic E-state index is 13.4. The fourth-order valence-electron chi connectivity index (χ4n) is 1.65. The molecule has 0 spiro atoms. The molecule has 2 rings (SSSR count). The molecule has 0 amide bonds. The number of nitrogens with one attached hydrogen (secondary N) is 1. The van der Waals surface area contributed by atoms with Crippen LogP contribution in [0, 0.1) is 17.1 Å². The first-order chi connectivity index (χ1) is 9.65. The van der Waals surface area contributed by atoms with E-state index in [2.05, 4.69) is 10.1 Å². The summed E-state index contributed by atoms with van der Waals surface area (Å²) in [6, 6.07) is 9.18. The standard InChI is InChI=1S/C14H11FN2O3/c1-19-14(18)13-6-5-9(20-13)8-17-12-4-2-3-11(15)10(12)7-16/h2-6,17H,8H2,1H3. The molecule has 0 aliphatic carbocycles. The third-order valence-corrected chi connectivity index (χ3v) is 2.63. The molecule has 0 atom stereocenters. The van der Waals surface area contributed by atoms with Crippen molar-refractivity contribution in [1.82, 2.24) is 0 Å². The Hall–Kier alpha value is -2.81. The van der Waals surface area contributed by atoms with Crippen LogP contribution >= 0.6 is 0 Å². The number of rotatable bonds is 4. The Bertz CT molecular complexity index is 673. The van der Waals surface area contributed by atoms with Crippen LogP contribution in [0.5, 0.6) is 0 Å².